The highest BCUT2D eigenvalue weighted by molar-refractivity contribution is 7.98. The molecule has 1 heterocycles. The van der Waals surface area contributed by atoms with Crippen molar-refractivity contribution in [1.82, 2.24) is 15.2 Å². The third-order valence-corrected chi connectivity index (χ3v) is 2.93. The summed E-state index contributed by atoms with van der Waals surface area (Å²) in [5, 5.41) is 17.3. The largest absolute Gasteiger partial charge is 0.304 e. The third kappa shape index (κ3) is 2.78. The van der Waals surface area contributed by atoms with Crippen LogP contribution in [0.2, 0.25) is 0 Å². The van der Waals surface area contributed by atoms with Crippen LogP contribution >= 0.6 is 11.8 Å². The Balaban J connectivity index is 2.07. The average molecular weight is 254 g/mol. The number of nitro groups is 1. The van der Waals surface area contributed by atoms with E-state index in [1.54, 1.807) is 0 Å². The Morgan fingerprint density at radius 1 is 1.53 bits per heavy atom. The van der Waals surface area contributed by atoms with Crippen molar-refractivity contribution in [2.75, 3.05) is 0 Å². The molecule has 1 aromatic heterocycles. The molecule has 1 N–H and O–H groups in total. The topological polar surface area (TPSA) is 84.7 Å². The van der Waals surface area contributed by atoms with Gasteiger partial charge in [-0.3, -0.25) is 15.2 Å². The highest BCUT2D eigenvalue weighted by Gasteiger charge is 2.13. The van der Waals surface area contributed by atoms with E-state index in [-0.39, 0.29) is 0 Å². The van der Waals surface area contributed by atoms with Crippen LogP contribution in [0.15, 0.2) is 29.7 Å². The number of nitro benzene ring substituents is 1. The van der Waals surface area contributed by atoms with Crippen LogP contribution in [0.5, 0.6) is 0 Å². The van der Waals surface area contributed by atoms with Gasteiger partial charge < -0.3 is 0 Å². The normalized spacial score (nSPS) is 10.4. The first-order valence-corrected chi connectivity index (χ1v) is 5.56. The molecule has 1 aromatic carbocycles. The molecule has 88 valence electrons. The number of rotatable bonds is 4. The van der Waals surface area contributed by atoms with E-state index in [1.165, 1.54) is 24.2 Å². The minimum absolute atomic E-state index is 0.462. The van der Waals surface area contributed by atoms with Gasteiger partial charge in [-0.2, -0.15) is 9.49 Å². The van der Waals surface area contributed by atoms with Crippen molar-refractivity contribution >= 4 is 17.4 Å². The SMILES string of the molecule is O=[N+]([O-])c1ccc(CSc2ncn[nH]2)cc1F. The average Bonchev–Trinajstić information content (AvgIpc) is 2.78. The monoisotopic (exact) mass is 254 g/mol. The lowest BCUT2D eigenvalue weighted by Gasteiger charge is -1.99. The Morgan fingerprint density at radius 2 is 2.35 bits per heavy atom. The number of H-pyrrole nitrogens is 1. The summed E-state index contributed by atoms with van der Waals surface area (Å²) in [6.45, 7) is 0. The molecule has 2 aromatic rings. The molecule has 0 aliphatic carbocycles. The Labute approximate surface area is 99.4 Å². The molecule has 0 saturated heterocycles. The van der Waals surface area contributed by atoms with Gasteiger partial charge in [0.1, 0.15) is 6.33 Å². The maximum atomic E-state index is 13.3. The number of aromatic amines is 1. The number of benzene rings is 1. The summed E-state index contributed by atoms with van der Waals surface area (Å²) in [6.07, 6.45) is 1.37. The van der Waals surface area contributed by atoms with Crippen molar-refractivity contribution in [3.8, 4) is 0 Å². The number of nitrogens with one attached hydrogen (secondary N) is 1. The minimum atomic E-state index is -0.828. The summed E-state index contributed by atoms with van der Waals surface area (Å²) < 4.78 is 13.3. The standard InChI is InChI=1S/C9H7FN4O2S/c10-7-3-6(1-2-8(7)14(15)16)4-17-9-11-5-12-13-9/h1-3,5H,4H2,(H,11,12,13). The van der Waals surface area contributed by atoms with Gasteiger partial charge in [-0.25, -0.2) is 4.98 Å². The fraction of sp³-hybridized carbons (Fsp3) is 0.111. The molecule has 0 amide bonds. The van der Waals surface area contributed by atoms with Gasteiger partial charge in [0.2, 0.25) is 5.82 Å². The van der Waals surface area contributed by atoms with E-state index >= 15 is 0 Å². The van der Waals surface area contributed by atoms with Gasteiger partial charge in [0.25, 0.3) is 0 Å². The summed E-state index contributed by atoms with van der Waals surface area (Å²) >= 11 is 1.34. The summed E-state index contributed by atoms with van der Waals surface area (Å²) in [4.78, 5) is 13.6. The molecule has 0 aliphatic heterocycles. The molecule has 2 rings (SSSR count). The number of hydrogen-bond acceptors (Lipinski definition) is 5. The second-order valence-electron chi connectivity index (χ2n) is 3.12. The highest BCUT2D eigenvalue weighted by Crippen LogP contribution is 2.23. The predicted octanol–water partition coefficient (Wildman–Crippen LogP) is 2.14. The first-order valence-electron chi connectivity index (χ1n) is 4.58. The zero-order valence-corrected chi connectivity index (χ0v) is 9.28. The molecule has 8 heteroatoms. The van der Waals surface area contributed by atoms with Gasteiger partial charge in [0.05, 0.1) is 4.92 Å². The summed E-state index contributed by atoms with van der Waals surface area (Å²) in [5.41, 5.74) is 0.132. The predicted molar refractivity (Wildman–Crippen MR) is 59.0 cm³/mol. The number of aromatic nitrogens is 3. The van der Waals surface area contributed by atoms with Crippen LogP contribution in [-0.4, -0.2) is 20.1 Å². The lowest BCUT2D eigenvalue weighted by atomic mass is 10.2. The molecule has 0 unspecified atom stereocenters. The molecular formula is C9H7FN4O2S. The van der Waals surface area contributed by atoms with Crippen LogP contribution in [0.1, 0.15) is 5.56 Å². The zero-order chi connectivity index (χ0) is 12.3. The second kappa shape index (κ2) is 4.91. The van der Waals surface area contributed by atoms with Crippen LogP contribution in [-0.2, 0) is 5.75 Å². The number of nitrogens with zero attached hydrogens (tertiary/aromatic N) is 3. The van der Waals surface area contributed by atoms with Crippen molar-refractivity contribution in [3.05, 3.63) is 46.0 Å². The van der Waals surface area contributed by atoms with E-state index in [4.69, 9.17) is 0 Å². The summed E-state index contributed by atoms with van der Waals surface area (Å²) in [6, 6.07) is 3.83. The number of halogens is 1. The Kier molecular flexibility index (Phi) is 3.33. The molecule has 0 radical (unpaired) electrons. The quantitative estimate of drug-likeness (QED) is 0.513. The van der Waals surface area contributed by atoms with Crippen LogP contribution in [0, 0.1) is 15.9 Å². The molecule has 0 spiro atoms. The van der Waals surface area contributed by atoms with Gasteiger partial charge >= 0.3 is 5.69 Å². The zero-order valence-electron chi connectivity index (χ0n) is 8.46. The molecule has 0 saturated carbocycles. The van der Waals surface area contributed by atoms with Crippen LogP contribution < -0.4 is 0 Å². The Hall–Kier alpha value is -1.96. The molecule has 0 aliphatic rings. The number of hydrogen-bond donors (Lipinski definition) is 1. The van der Waals surface area contributed by atoms with Gasteiger partial charge in [0, 0.05) is 11.8 Å². The van der Waals surface area contributed by atoms with E-state index in [0.717, 1.165) is 12.1 Å². The van der Waals surface area contributed by atoms with E-state index in [9.17, 15) is 14.5 Å². The molecule has 6 nitrogen and oxygen atoms in total. The third-order valence-electron chi connectivity index (χ3n) is 1.98. The summed E-state index contributed by atoms with van der Waals surface area (Å²) in [7, 11) is 0. The highest BCUT2D eigenvalue weighted by atomic mass is 32.2. The second-order valence-corrected chi connectivity index (χ2v) is 4.09. The van der Waals surface area contributed by atoms with E-state index < -0.39 is 16.4 Å². The van der Waals surface area contributed by atoms with Crippen molar-refractivity contribution < 1.29 is 9.31 Å². The van der Waals surface area contributed by atoms with Gasteiger partial charge in [0.15, 0.2) is 5.16 Å². The van der Waals surface area contributed by atoms with Crippen LogP contribution in [0.25, 0.3) is 0 Å². The fourth-order valence-corrected chi connectivity index (χ4v) is 1.93. The number of thioether (sulfide) groups is 1. The van der Waals surface area contributed by atoms with Gasteiger partial charge in [-0.05, 0) is 11.6 Å². The van der Waals surface area contributed by atoms with E-state index in [0.29, 0.717) is 16.5 Å². The van der Waals surface area contributed by atoms with Gasteiger partial charge in [-0.1, -0.05) is 17.8 Å². The molecule has 0 bridgehead atoms. The molecular weight excluding hydrogens is 247 g/mol. The Bertz CT molecular complexity index is 532. The van der Waals surface area contributed by atoms with Crippen LogP contribution in [0.3, 0.4) is 0 Å². The first-order chi connectivity index (χ1) is 8.16. The van der Waals surface area contributed by atoms with Crippen molar-refractivity contribution in [1.29, 1.82) is 0 Å². The fourth-order valence-electron chi connectivity index (χ4n) is 1.20. The van der Waals surface area contributed by atoms with E-state index in [1.807, 2.05) is 0 Å². The summed E-state index contributed by atoms with van der Waals surface area (Å²) in [5.74, 6) is -0.366. The van der Waals surface area contributed by atoms with Crippen molar-refractivity contribution in [2.24, 2.45) is 0 Å². The minimum Gasteiger partial charge on any atom is -0.258 e. The van der Waals surface area contributed by atoms with Crippen molar-refractivity contribution in [3.63, 3.8) is 0 Å². The molecule has 0 fully saturated rings. The Morgan fingerprint density at radius 3 is 2.94 bits per heavy atom. The lowest BCUT2D eigenvalue weighted by Crippen LogP contribution is -1.93. The maximum absolute atomic E-state index is 13.3. The maximum Gasteiger partial charge on any atom is 0.304 e. The first kappa shape index (κ1) is 11.5. The smallest absolute Gasteiger partial charge is 0.258 e. The van der Waals surface area contributed by atoms with Gasteiger partial charge in [-0.15, -0.1) is 0 Å². The lowest BCUT2D eigenvalue weighted by molar-refractivity contribution is -0.387. The van der Waals surface area contributed by atoms with E-state index in [2.05, 4.69) is 15.2 Å². The van der Waals surface area contributed by atoms with Crippen molar-refractivity contribution in [2.45, 2.75) is 10.9 Å². The molecule has 0 atom stereocenters. The molecule has 17 heavy (non-hydrogen) atoms. The van der Waals surface area contributed by atoms with Crippen LogP contribution in [0.4, 0.5) is 10.1 Å².